The van der Waals surface area contributed by atoms with Gasteiger partial charge in [0.1, 0.15) is 5.75 Å². The zero-order valence-corrected chi connectivity index (χ0v) is 15.9. The molecule has 1 amide bonds. The van der Waals surface area contributed by atoms with E-state index in [9.17, 15) is 23.1 Å². The number of carbonyl (C=O) groups is 2. The molecule has 0 spiro atoms. The van der Waals surface area contributed by atoms with E-state index in [0.29, 0.717) is 38.2 Å². The number of carbonyl (C=O) groups excluding carboxylic acids is 1. The summed E-state index contributed by atoms with van der Waals surface area (Å²) in [6.07, 6.45) is 3.21. The number of rotatable bonds is 7. The van der Waals surface area contributed by atoms with Crippen LogP contribution in [0.15, 0.2) is 29.2 Å². The largest absolute Gasteiger partial charge is 0.494 e. The Kier molecular flexibility index (Phi) is 6.28. The van der Waals surface area contributed by atoms with E-state index in [1.807, 2.05) is 0 Å². The third-order valence-electron chi connectivity index (χ3n) is 4.62. The number of sulfone groups is 1. The lowest BCUT2D eigenvalue weighted by molar-refractivity contribution is -0.153. The summed E-state index contributed by atoms with van der Waals surface area (Å²) in [6.45, 7) is 2.84. The first kappa shape index (κ1) is 20.2. The van der Waals surface area contributed by atoms with Gasteiger partial charge in [-0.15, -0.1) is 0 Å². The number of hydrogen-bond acceptors (Lipinski definition) is 5. The number of carboxylic acid groups (broad SMARTS) is 1. The maximum absolute atomic E-state index is 12.3. The van der Waals surface area contributed by atoms with E-state index >= 15 is 0 Å². The average molecular weight is 383 g/mol. The average Bonchev–Trinajstić information content (AvgIpc) is 2.58. The molecule has 144 valence electrons. The van der Waals surface area contributed by atoms with Gasteiger partial charge in [-0.3, -0.25) is 9.59 Å². The van der Waals surface area contributed by atoms with Gasteiger partial charge in [-0.2, -0.15) is 0 Å². The predicted molar refractivity (Wildman–Crippen MR) is 95.8 cm³/mol. The first-order valence-corrected chi connectivity index (χ1v) is 10.4. The molecule has 1 N–H and O–H groups in total. The van der Waals surface area contributed by atoms with Gasteiger partial charge in [-0.25, -0.2) is 8.42 Å². The number of carboxylic acids is 1. The molecule has 0 bridgehead atoms. The van der Waals surface area contributed by atoms with Crippen LogP contribution in [0.5, 0.6) is 5.75 Å². The molecular weight excluding hydrogens is 358 g/mol. The van der Waals surface area contributed by atoms with Crippen molar-refractivity contribution in [2.24, 2.45) is 5.41 Å². The maximum atomic E-state index is 12.3. The molecule has 1 saturated heterocycles. The fourth-order valence-corrected chi connectivity index (χ4v) is 3.61. The summed E-state index contributed by atoms with van der Waals surface area (Å²) < 4.78 is 28.3. The minimum atomic E-state index is -3.23. The highest BCUT2D eigenvalue weighted by atomic mass is 32.2. The zero-order chi connectivity index (χ0) is 19.4. The molecular formula is C18H25NO6S. The molecule has 1 heterocycles. The Labute approximate surface area is 153 Å². The van der Waals surface area contributed by atoms with Crippen molar-refractivity contribution >= 4 is 21.7 Å². The van der Waals surface area contributed by atoms with Gasteiger partial charge in [0.15, 0.2) is 9.84 Å². The van der Waals surface area contributed by atoms with Crippen molar-refractivity contribution in [1.29, 1.82) is 0 Å². The SMILES string of the molecule is CC1(C(=O)O)CCCN(C(=O)CCCOc2ccc(S(C)(=O)=O)cc2)C1. The number of benzene rings is 1. The molecule has 0 saturated carbocycles. The van der Waals surface area contributed by atoms with Crippen LogP contribution in [0, 0.1) is 5.41 Å². The second kappa shape index (κ2) is 8.07. The Morgan fingerprint density at radius 3 is 2.50 bits per heavy atom. The van der Waals surface area contributed by atoms with Crippen molar-refractivity contribution in [1.82, 2.24) is 4.90 Å². The summed E-state index contributed by atoms with van der Waals surface area (Å²) in [4.78, 5) is 25.5. The zero-order valence-electron chi connectivity index (χ0n) is 15.1. The Hall–Kier alpha value is -2.09. The van der Waals surface area contributed by atoms with Crippen molar-refractivity contribution in [3.8, 4) is 5.75 Å². The second-order valence-electron chi connectivity index (χ2n) is 6.98. The summed E-state index contributed by atoms with van der Waals surface area (Å²) >= 11 is 0. The standard InChI is InChI=1S/C18H25NO6S/c1-18(17(21)22)10-4-11-19(13-18)16(20)5-3-12-25-14-6-8-15(9-7-14)26(2,23)24/h6-9H,3-5,10-13H2,1-2H3,(H,21,22). The second-order valence-corrected chi connectivity index (χ2v) is 9.00. The highest BCUT2D eigenvalue weighted by Gasteiger charge is 2.39. The van der Waals surface area contributed by atoms with Gasteiger partial charge >= 0.3 is 5.97 Å². The van der Waals surface area contributed by atoms with E-state index in [2.05, 4.69) is 0 Å². The summed E-state index contributed by atoms with van der Waals surface area (Å²) in [7, 11) is -3.23. The molecule has 1 aliphatic rings. The van der Waals surface area contributed by atoms with Crippen LogP contribution in [-0.4, -0.2) is 56.3 Å². The predicted octanol–water partition coefficient (Wildman–Crippen LogP) is 1.96. The molecule has 1 aromatic rings. The van der Waals surface area contributed by atoms with Crippen molar-refractivity contribution < 1.29 is 27.9 Å². The Morgan fingerprint density at radius 1 is 1.27 bits per heavy atom. The van der Waals surface area contributed by atoms with E-state index in [1.165, 1.54) is 12.1 Å². The third-order valence-corrected chi connectivity index (χ3v) is 5.75. The van der Waals surface area contributed by atoms with E-state index in [0.717, 1.165) is 6.26 Å². The number of nitrogens with zero attached hydrogens (tertiary/aromatic N) is 1. The van der Waals surface area contributed by atoms with E-state index in [4.69, 9.17) is 4.74 Å². The van der Waals surface area contributed by atoms with Crippen molar-refractivity contribution in [2.75, 3.05) is 26.0 Å². The Balaban J connectivity index is 1.77. The van der Waals surface area contributed by atoms with Gasteiger partial charge in [0, 0.05) is 25.8 Å². The molecule has 1 unspecified atom stereocenters. The van der Waals surface area contributed by atoms with E-state index < -0.39 is 21.2 Å². The van der Waals surface area contributed by atoms with Crippen LogP contribution in [0.3, 0.4) is 0 Å². The lowest BCUT2D eigenvalue weighted by atomic mass is 9.82. The number of aliphatic carboxylic acids is 1. The van der Waals surface area contributed by atoms with Gasteiger partial charge in [0.25, 0.3) is 0 Å². The van der Waals surface area contributed by atoms with E-state index in [-0.39, 0.29) is 23.8 Å². The van der Waals surface area contributed by atoms with Crippen molar-refractivity contribution in [3.63, 3.8) is 0 Å². The topological polar surface area (TPSA) is 101 Å². The van der Waals surface area contributed by atoms with Gasteiger partial charge in [0.2, 0.25) is 5.91 Å². The van der Waals surface area contributed by atoms with Crippen LogP contribution in [0.2, 0.25) is 0 Å². The molecule has 7 nitrogen and oxygen atoms in total. The molecule has 26 heavy (non-hydrogen) atoms. The summed E-state index contributed by atoms with van der Waals surface area (Å²) in [5.74, 6) is -0.384. The molecule has 1 aromatic carbocycles. The van der Waals surface area contributed by atoms with Gasteiger partial charge in [0.05, 0.1) is 16.9 Å². The molecule has 1 atom stereocenters. The molecule has 1 aliphatic heterocycles. The van der Waals surface area contributed by atoms with Gasteiger partial charge < -0.3 is 14.7 Å². The Bertz CT molecular complexity index is 758. The highest BCUT2D eigenvalue weighted by Crippen LogP contribution is 2.30. The molecule has 2 rings (SSSR count). The number of amides is 1. The van der Waals surface area contributed by atoms with Crippen LogP contribution in [0.25, 0.3) is 0 Å². The minimum Gasteiger partial charge on any atom is -0.494 e. The van der Waals surface area contributed by atoms with Crippen LogP contribution in [-0.2, 0) is 19.4 Å². The summed E-state index contributed by atoms with van der Waals surface area (Å²) in [5.41, 5.74) is -0.869. The van der Waals surface area contributed by atoms with Crippen LogP contribution >= 0.6 is 0 Å². The molecule has 0 aliphatic carbocycles. The van der Waals surface area contributed by atoms with Crippen molar-refractivity contribution in [2.45, 2.75) is 37.5 Å². The number of hydrogen-bond donors (Lipinski definition) is 1. The molecule has 0 aromatic heterocycles. The monoisotopic (exact) mass is 383 g/mol. The molecule has 0 radical (unpaired) electrons. The smallest absolute Gasteiger partial charge is 0.311 e. The fraction of sp³-hybridized carbons (Fsp3) is 0.556. The number of piperidine rings is 1. The lowest BCUT2D eigenvalue weighted by Gasteiger charge is -2.37. The maximum Gasteiger partial charge on any atom is 0.311 e. The van der Waals surface area contributed by atoms with Gasteiger partial charge in [-0.05, 0) is 50.5 Å². The van der Waals surface area contributed by atoms with Crippen molar-refractivity contribution in [3.05, 3.63) is 24.3 Å². The van der Waals surface area contributed by atoms with Crippen LogP contribution in [0.1, 0.15) is 32.6 Å². The summed E-state index contributed by atoms with van der Waals surface area (Å²) in [5, 5.41) is 9.31. The fourth-order valence-electron chi connectivity index (χ4n) is 2.98. The Morgan fingerprint density at radius 2 is 1.92 bits per heavy atom. The quantitative estimate of drug-likeness (QED) is 0.723. The van der Waals surface area contributed by atoms with Gasteiger partial charge in [-0.1, -0.05) is 0 Å². The molecule has 8 heteroatoms. The number of likely N-dealkylation sites (tertiary alicyclic amines) is 1. The summed E-state index contributed by atoms with van der Waals surface area (Å²) in [6, 6.07) is 6.13. The normalized spacial score (nSPS) is 20.6. The highest BCUT2D eigenvalue weighted by molar-refractivity contribution is 7.90. The number of ether oxygens (including phenoxy) is 1. The first-order valence-electron chi connectivity index (χ1n) is 8.56. The van der Waals surface area contributed by atoms with Crippen LogP contribution < -0.4 is 4.74 Å². The minimum absolute atomic E-state index is 0.0619. The van der Waals surface area contributed by atoms with Crippen LogP contribution in [0.4, 0.5) is 0 Å². The first-order chi connectivity index (χ1) is 12.1. The third kappa shape index (κ3) is 5.20. The lowest BCUT2D eigenvalue weighted by Crippen LogP contribution is -2.48. The van der Waals surface area contributed by atoms with E-state index in [1.54, 1.807) is 24.0 Å². The molecule has 1 fully saturated rings.